The van der Waals surface area contributed by atoms with Crippen LogP contribution in [0, 0.1) is 0 Å². The fraction of sp³-hybridized carbons (Fsp3) is 0.538. The Morgan fingerprint density at radius 1 is 1.26 bits per heavy atom. The standard InChI is InChI=1S/C13H21NO4S/c1-11(2)19(15,16)14-13-6-4-5-12(9-13)10-18-8-7-17-3/h4-6,9,11,14H,7-8,10H2,1-3H3. The zero-order chi connectivity index (χ0) is 14.3. The molecule has 0 spiro atoms. The molecule has 0 aliphatic carbocycles. The zero-order valence-corrected chi connectivity index (χ0v) is 12.4. The van der Waals surface area contributed by atoms with Gasteiger partial charge in [0, 0.05) is 12.8 Å². The first-order chi connectivity index (χ1) is 8.95. The Hall–Kier alpha value is -1.11. The predicted molar refractivity (Wildman–Crippen MR) is 75.7 cm³/mol. The molecular weight excluding hydrogens is 266 g/mol. The number of hydrogen-bond donors (Lipinski definition) is 1. The largest absolute Gasteiger partial charge is 0.382 e. The van der Waals surface area contributed by atoms with E-state index in [1.54, 1.807) is 39.2 Å². The quantitative estimate of drug-likeness (QED) is 0.743. The Morgan fingerprint density at radius 2 is 2.00 bits per heavy atom. The Bertz CT molecular complexity index is 485. The van der Waals surface area contributed by atoms with Crippen molar-refractivity contribution in [1.29, 1.82) is 0 Å². The summed E-state index contributed by atoms with van der Waals surface area (Å²) in [6.45, 7) is 4.76. The van der Waals surface area contributed by atoms with E-state index in [4.69, 9.17) is 9.47 Å². The minimum Gasteiger partial charge on any atom is -0.382 e. The van der Waals surface area contributed by atoms with Gasteiger partial charge >= 0.3 is 0 Å². The molecule has 0 amide bonds. The second kappa shape index (κ2) is 7.47. The molecule has 19 heavy (non-hydrogen) atoms. The summed E-state index contributed by atoms with van der Waals surface area (Å²) >= 11 is 0. The number of hydrogen-bond acceptors (Lipinski definition) is 4. The van der Waals surface area contributed by atoms with Crippen LogP contribution in [-0.2, 0) is 26.1 Å². The van der Waals surface area contributed by atoms with Crippen molar-refractivity contribution >= 4 is 15.7 Å². The van der Waals surface area contributed by atoms with Crippen molar-refractivity contribution in [3.63, 3.8) is 0 Å². The number of benzene rings is 1. The highest BCUT2D eigenvalue weighted by Crippen LogP contribution is 2.14. The number of methoxy groups -OCH3 is 1. The molecule has 0 unspecified atom stereocenters. The molecule has 5 nitrogen and oxygen atoms in total. The van der Waals surface area contributed by atoms with Crippen LogP contribution in [-0.4, -0.2) is 34.0 Å². The zero-order valence-electron chi connectivity index (χ0n) is 11.5. The maximum atomic E-state index is 11.8. The van der Waals surface area contributed by atoms with Gasteiger partial charge in [0.05, 0.1) is 25.1 Å². The highest BCUT2D eigenvalue weighted by molar-refractivity contribution is 7.93. The molecule has 0 saturated heterocycles. The summed E-state index contributed by atoms with van der Waals surface area (Å²) in [5, 5.41) is -0.464. The van der Waals surface area contributed by atoms with Crippen LogP contribution < -0.4 is 4.72 Å². The third kappa shape index (κ3) is 5.59. The number of nitrogens with one attached hydrogen (secondary N) is 1. The molecular formula is C13H21NO4S. The molecule has 0 saturated carbocycles. The molecule has 1 N–H and O–H groups in total. The third-order valence-electron chi connectivity index (χ3n) is 2.51. The monoisotopic (exact) mass is 287 g/mol. The summed E-state index contributed by atoms with van der Waals surface area (Å²) in [7, 11) is -1.69. The first-order valence-electron chi connectivity index (χ1n) is 6.13. The number of rotatable bonds is 8. The minimum atomic E-state index is -3.31. The number of sulfonamides is 1. The summed E-state index contributed by atoms with van der Waals surface area (Å²) in [6, 6.07) is 7.18. The van der Waals surface area contributed by atoms with Crippen molar-refractivity contribution in [2.45, 2.75) is 25.7 Å². The van der Waals surface area contributed by atoms with Gasteiger partial charge in [0.1, 0.15) is 0 Å². The lowest BCUT2D eigenvalue weighted by Crippen LogP contribution is -2.22. The Kier molecular flexibility index (Phi) is 6.27. The van der Waals surface area contributed by atoms with Crippen molar-refractivity contribution in [2.75, 3.05) is 25.0 Å². The topological polar surface area (TPSA) is 64.6 Å². The average Bonchev–Trinajstić information content (AvgIpc) is 2.34. The second-order valence-corrected chi connectivity index (χ2v) is 6.68. The lowest BCUT2D eigenvalue weighted by molar-refractivity contribution is 0.0617. The predicted octanol–water partition coefficient (Wildman–Crippen LogP) is 2.00. The van der Waals surface area contributed by atoms with E-state index in [-0.39, 0.29) is 0 Å². The number of anilines is 1. The van der Waals surface area contributed by atoms with Gasteiger partial charge in [-0.3, -0.25) is 4.72 Å². The second-order valence-electron chi connectivity index (χ2n) is 4.44. The van der Waals surface area contributed by atoms with E-state index >= 15 is 0 Å². The van der Waals surface area contributed by atoms with Gasteiger partial charge in [-0.2, -0.15) is 0 Å². The number of ether oxygens (including phenoxy) is 2. The van der Waals surface area contributed by atoms with E-state index in [9.17, 15) is 8.42 Å². The maximum absolute atomic E-state index is 11.8. The molecule has 108 valence electrons. The van der Waals surface area contributed by atoms with E-state index < -0.39 is 15.3 Å². The summed E-state index contributed by atoms with van der Waals surface area (Å²) in [5.74, 6) is 0. The van der Waals surface area contributed by atoms with Crippen molar-refractivity contribution < 1.29 is 17.9 Å². The third-order valence-corrected chi connectivity index (χ3v) is 4.27. The van der Waals surface area contributed by atoms with E-state index in [1.165, 1.54) is 0 Å². The first kappa shape index (κ1) is 15.9. The Morgan fingerprint density at radius 3 is 2.63 bits per heavy atom. The molecule has 0 bridgehead atoms. The van der Waals surface area contributed by atoms with Crippen molar-refractivity contribution in [3.8, 4) is 0 Å². The van der Waals surface area contributed by atoms with E-state index in [1.807, 2.05) is 6.07 Å². The molecule has 6 heteroatoms. The van der Waals surface area contributed by atoms with Crippen LogP contribution in [0.5, 0.6) is 0 Å². The molecule has 1 rings (SSSR count). The van der Waals surface area contributed by atoms with Crippen LogP contribution in [0.2, 0.25) is 0 Å². The highest BCUT2D eigenvalue weighted by atomic mass is 32.2. The van der Waals surface area contributed by atoms with Gasteiger partial charge < -0.3 is 9.47 Å². The van der Waals surface area contributed by atoms with Gasteiger partial charge in [0.15, 0.2) is 0 Å². The molecule has 1 aromatic carbocycles. The molecule has 0 aliphatic heterocycles. The van der Waals surface area contributed by atoms with Gasteiger partial charge in [-0.1, -0.05) is 12.1 Å². The van der Waals surface area contributed by atoms with E-state index in [0.29, 0.717) is 25.5 Å². The van der Waals surface area contributed by atoms with Crippen LogP contribution >= 0.6 is 0 Å². The van der Waals surface area contributed by atoms with E-state index in [0.717, 1.165) is 5.56 Å². The van der Waals surface area contributed by atoms with E-state index in [2.05, 4.69) is 4.72 Å². The Labute approximate surface area is 115 Å². The summed E-state index contributed by atoms with van der Waals surface area (Å²) in [5.41, 5.74) is 1.47. The molecule has 1 aromatic rings. The van der Waals surface area contributed by atoms with Crippen LogP contribution in [0.15, 0.2) is 24.3 Å². The fourth-order valence-corrected chi connectivity index (χ4v) is 2.03. The summed E-state index contributed by atoms with van der Waals surface area (Å²) in [4.78, 5) is 0. The molecule has 0 atom stereocenters. The highest BCUT2D eigenvalue weighted by Gasteiger charge is 2.15. The smallest absolute Gasteiger partial charge is 0.235 e. The molecule has 0 heterocycles. The van der Waals surface area contributed by atoms with Gasteiger partial charge in [0.2, 0.25) is 10.0 Å². The maximum Gasteiger partial charge on any atom is 0.235 e. The lowest BCUT2D eigenvalue weighted by atomic mass is 10.2. The normalized spacial score (nSPS) is 11.8. The van der Waals surface area contributed by atoms with Gasteiger partial charge in [0.25, 0.3) is 0 Å². The Balaban J connectivity index is 2.62. The minimum absolute atomic E-state index is 0.431. The molecule has 0 aliphatic rings. The lowest BCUT2D eigenvalue weighted by Gasteiger charge is -2.12. The van der Waals surface area contributed by atoms with Crippen LogP contribution in [0.1, 0.15) is 19.4 Å². The van der Waals surface area contributed by atoms with Crippen LogP contribution in [0.25, 0.3) is 0 Å². The van der Waals surface area contributed by atoms with Gasteiger partial charge in [-0.25, -0.2) is 8.42 Å². The van der Waals surface area contributed by atoms with Crippen molar-refractivity contribution in [2.24, 2.45) is 0 Å². The van der Waals surface area contributed by atoms with Gasteiger partial charge in [-0.05, 0) is 31.5 Å². The van der Waals surface area contributed by atoms with Gasteiger partial charge in [-0.15, -0.1) is 0 Å². The molecule has 0 radical (unpaired) electrons. The van der Waals surface area contributed by atoms with Crippen LogP contribution in [0.3, 0.4) is 0 Å². The summed E-state index contributed by atoms with van der Waals surface area (Å²) < 4.78 is 36.3. The van der Waals surface area contributed by atoms with Crippen LogP contribution in [0.4, 0.5) is 5.69 Å². The summed E-state index contributed by atoms with van der Waals surface area (Å²) in [6.07, 6.45) is 0. The molecule has 0 fully saturated rings. The van der Waals surface area contributed by atoms with Crippen molar-refractivity contribution in [1.82, 2.24) is 0 Å². The average molecular weight is 287 g/mol. The fourth-order valence-electron chi connectivity index (χ4n) is 1.34. The molecule has 0 aromatic heterocycles. The van der Waals surface area contributed by atoms with Crippen molar-refractivity contribution in [3.05, 3.63) is 29.8 Å². The SMILES string of the molecule is COCCOCc1cccc(NS(=O)(=O)C(C)C)c1. The first-order valence-corrected chi connectivity index (χ1v) is 7.67.